The predicted octanol–water partition coefficient (Wildman–Crippen LogP) is 5.04. The minimum atomic E-state index is -3.66. The maximum Gasteiger partial charge on any atom is 0.244 e. The Balaban J connectivity index is 1.29. The lowest BCUT2D eigenvalue weighted by atomic mass is 9.90. The number of anilines is 3. The molecule has 0 radical (unpaired) electrons. The van der Waals surface area contributed by atoms with Crippen molar-refractivity contribution in [2.24, 2.45) is 11.8 Å². The van der Waals surface area contributed by atoms with Gasteiger partial charge in [0.1, 0.15) is 10.7 Å². The van der Waals surface area contributed by atoms with Gasteiger partial charge in [-0.15, -0.1) is 0 Å². The van der Waals surface area contributed by atoms with Crippen molar-refractivity contribution >= 4 is 27.1 Å². The van der Waals surface area contributed by atoms with E-state index in [4.69, 9.17) is 5.84 Å². The Morgan fingerprint density at radius 2 is 1.87 bits per heavy atom. The minimum absolute atomic E-state index is 0.231. The highest BCUT2D eigenvalue weighted by atomic mass is 32.2. The molecule has 1 saturated carbocycles. The third-order valence-corrected chi connectivity index (χ3v) is 9.52. The van der Waals surface area contributed by atoms with Gasteiger partial charge < -0.3 is 4.90 Å². The molecular formula is C29H39FN6O2S. The molecule has 8 nitrogen and oxygen atoms in total. The van der Waals surface area contributed by atoms with Crippen LogP contribution in [0.15, 0.2) is 53.7 Å². The Hall–Kier alpha value is -2.95. The lowest BCUT2D eigenvalue weighted by molar-refractivity contribution is 0.330. The number of piperidine rings is 1. The zero-order valence-corrected chi connectivity index (χ0v) is 23.8. The van der Waals surface area contributed by atoms with E-state index in [1.165, 1.54) is 31.2 Å². The molecule has 0 amide bonds. The summed E-state index contributed by atoms with van der Waals surface area (Å²) < 4.78 is 44.5. The van der Waals surface area contributed by atoms with Gasteiger partial charge in [0, 0.05) is 37.1 Å². The molecule has 1 aliphatic carbocycles. The lowest BCUT2D eigenvalue weighted by Gasteiger charge is -2.41. The van der Waals surface area contributed by atoms with E-state index in [1.807, 2.05) is 6.92 Å². The van der Waals surface area contributed by atoms with Crippen molar-refractivity contribution in [2.45, 2.75) is 76.3 Å². The highest BCUT2D eigenvalue weighted by Gasteiger charge is 2.35. The van der Waals surface area contributed by atoms with Crippen LogP contribution in [0.5, 0.6) is 0 Å². The normalized spacial score (nSPS) is 17.4. The maximum absolute atomic E-state index is 13.4. The summed E-state index contributed by atoms with van der Waals surface area (Å²) >= 11 is 0. The fraction of sp³-hybridized carbons (Fsp3) is 0.483. The first-order valence-electron chi connectivity index (χ1n) is 13.8. The molecule has 2 heterocycles. The molecule has 2 aliphatic rings. The van der Waals surface area contributed by atoms with E-state index in [0.29, 0.717) is 18.8 Å². The number of nitrogens with zero attached hydrogens (tertiary/aromatic N) is 4. The van der Waals surface area contributed by atoms with E-state index in [1.54, 1.807) is 28.0 Å². The van der Waals surface area contributed by atoms with Crippen molar-refractivity contribution in [3.63, 3.8) is 0 Å². The van der Waals surface area contributed by atoms with E-state index in [2.05, 4.69) is 40.7 Å². The van der Waals surface area contributed by atoms with Gasteiger partial charge in [-0.3, -0.25) is 9.69 Å². The Bertz CT molecular complexity index is 1410. The van der Waals surface area contributed by atoms with Crippen molar-refractivity contribution in [3.8, 4) is 0 Å². The third-order valence-electron chi connectivity index (χ3n) is 7.93. The zero-order valence-electron chi connectivity index (χ0n) is 23.0. The number of halogens is 1. The summed E-state index contributed by atoms with van der Waals surface area (Å²) in [5.41, 5.74) is 4.45. The number of hydrogen-bond acceptors (Lipinski definition) is 6. The predicted molar refractivity (Wildman–Crippen MR) is 153 cm³/mol. The molecule has 0 bridgehead atoms. The van der Waals surface area contributed by atoms with Crippen LogP contribution in [-0.2, 0) is 23.0 Å². The molecule has 10 heteroatoms. The van der Waals surface area contributed by atoms with E-state index >= 15 is 0 Å². The van der Waals surface area contributed by atoms with Crippen molar-refractivity contribution in [1.82, 2.24) is 14.5 Å². The zero-order chi connectivity index (χ0) is 27.8. The van der Waals surface area contributed by atoms with Crippen LogP contribution in [-0.4, -0.2) is 36.8 Å². The summed E-state index contributed by atoms with van der Waals surface area (Å²) in [6.45, 7) is 8.45. The second-order valence-corrected chi connectivity index (χ2v) is 13.0. The van der Waals surface area contributed by atoms with Gasteiger partial charge in [0.25, 0.3) is 0 Å². The Kier molecular flexibility index (Phi) is 7.72. The Morgan fingerprint density at radius 3 is 2.51 bits per heavy atom. The first-order valence-corrected chi connectivity index (χ1v) is 15.3. The summed E-state index contributed by atoms with van der Waals surface area (Å²) in [5, 5.41) is 5.89. The second kappa shape index (κ2) is 10.9. The molecule has 3 N–H and O–H groups in total. The smallest absolute Gasteiger partial charge is 0.244 e. The van der Waals surface area contributed by atoms with Gasteiger partial charge in [0.05, 0.1) is 17.6 Å². The molecule has 2 fully saturated rings. The van der Waals surface area contributed by atoms with Crippen LogP contribution in [0.3, 0.4) is 0 Å². The van der Waals surface area contributed by atoms with Crippen molar-refractivity contribution in [3.05, 3.63) is 65.7 Å². The average molecular weight is 555 g/mol. The van der Waals surface area contributed by atoms with E-state index in [9.17, 15) is 12.8 Å². The average Bonchev–Trinajstić information content (AvgIpc) is 3.58. The molecule has 1 aromatic heterocycles. The van der Waals surface area contributed by atoms with Crippen molar-refractivity contribution < 1.29 is 12.8 Å². The van der Waals surface area contributed by atoms with Gasteiger partial charge in [-0.25, -0.2) is 23.4 Å². The van der Waals surface area contributed by atoms with Gasteiger partial charge in [-0.1, -0.05) is 13.3 Å². The monoisotopic (exact) mass is 554 g/mol. The molecule has 2 aromatic carbocycles. The van der Waals surface area contributed by atoms with Crippen molar-refractivity contribution in [2.75, 3.05) is 23.0 Å². The number of nitrogens with two attached hydrogens (primary N) is 1. The SMILES string of the molecule is CCCc1cc(N2CCC(C)(NS(=O)(=O)c3cnn(CC4CC4)c3)CC2)c(C)cc1N(N)c1ccc(F)cc1. The Labute approximate surface area is 231 Å². The molecule has 1 saturated heterocycles. The molecule has 0 spiro atoms. The maximum atomic E-state index is 13.4. The summed E-state index contributed by atoms with van der Waals surface area (Å²) in [4.78, 5) is 2.57. The number of benzene rings is 2. The summed E-state index contributed by atoms with van der Waals surface area (Å²) in [7, 11) is -3.66. The van der Waals surface area contributed by atoms with Gasteiger partial charge in [-0.2, -0.15) is 5.10 Å². The van der Waals surface area contributed by atoms with Gasteiger partial charge in [0.2, 0.25) is 10.0 Å². The first kappa shape index (κ1) is 27.6. The van der Waals surface area contributed by atoms with Gasteiger partial charge in [-0.05, 0) is 99.4 Å². The van der Waals surface area contributed by atoms with E-state index in [-0.39, 0.29) is 10.7 Å². The number of rotatable bonds is 10. The van der Waals surface area contributed by atoms with Gasteiger partial charge in [0.15, 0.2) is 0 Å². The summed E-state index contributed by atoms with van der Waals surface area (Å²) in [5.74, 6) is 6.82. The lowest BCUT2D eigenvalue weighted by Crippen LogP contribution is -2.53. The van der Waals surface area contributed by atoms with Crippen LogP contribution < -0.4 is 20.5 Å². The second-order valence-electron chi connectivity index (χ2n) is 11.4. The summed E-state index contributed by atoms with van der Waals surface area (Å²) in [6.07, 6.45) is 8.67. The standard InChI is InChI=1S/C29H39FN6O2S/c1-4-5-23-17-27(21(2)16-28(23)36(31)25-10-8-24(30)9-11-25)34-14-12-29(3,13-15-34)33-39(37,38)26-18-32-35(20-26)19-22-6-7-22/h8-11,16-18,20,22,33H,4-7,12-15,19,31H2,1-3H3. The largest absolute Gasteiger partial charge is 0.371 e. The van der Waals surface area contributed by atoms with E-state index < -0.39 is 15.6 Å². The molecule has 39 heavy (non-hydrogen) atoms. The molecular weight excluding hydrogens is 515 g/mol. The fourth-order valence-corrected chi connectivity index (χ4v) is 6.79. The molecule has 0 unspecified atom stereocenters. The fourth-order valence-electron chi connectivity index (χ4n) is 5.37. The highest BCUT2D eigenvalue weighted by molar-refractivity contribution is 7.89. The minimum Gasteiger partial charge on any atom is -0.371 e. The van der Waals surface area contributed by atoms with Crippen LogP contribution >= 0.6 is 0 Å². The number of aryl methyl sites for hydroxylation is 2. The van der Waals surface area contributed by atoms with Crippen LogP contribution in [0.25, 0.3) is 0 Å². The van der Waals surface area contributed by atoms with Gasteiger partial charge >= 0.3 is 0 Å². The first-order chi connectivity index (χ1) is 18.6. The number of nitrogens with one attached hydrogen (secondary N) is 1. The molecule has 210 valence electrons. The van der Waals surface area contributed by atoms with Crippen LogP contribution in [0.2, 0.25) is 0 Å². The number of hydrazine groups is 1. The third kappa shape index (κ3) is 6.28. The quantitative estimate of drug-likeness (QED) is 0.269. The molecule has 0 atom stereocenters. The van der Waals surface area contributed by atoms with Crippen LogP contribution in [0, 0.1) is 18.7 Å². The van der Waals surface area contributed by atoms with Crippen LogP contribution in [0.4, 0.5) is 21.5 Å². The topological polar surface area (TPSA) is 96.5 Å². The van der Waals surface area contributed by atoms with E-state index in [0.717, 1.165) is 60.7 Å². The van der Waals surface area contributed by atoms with Crippen molar-refractivity contribution in [1.29, 1.82) is 0 Å². The molecule has 1 aliphatic heterocycles. The number of sulfonamides is 1. The Morgan fingerprint density at radius 1 is 1.18 bits per heavy atom. The van der Waals surface area contributed by atoms with Crippen LogP contribution in [0.1, 0.15) is 57.1 Å². The number of aromatic nitrogens is 2. The summed E-state index contributed by atoms with van der Waals surface area (Å²) in [6, 6.07) is 10.5. The number of hydrogen-bond donors (Lipinski definition) is 2. The molecule has 5 rings (SSSR count). The molecule has 3 aromatic rings. The highest BCUT2D eigenvalue weighted by Crippen LogP contribution is 2.36.